The monoisotopic (exact) mass is 303 g/mol. The second-order valence-corrected chi connectivity index (χ2v) is 5.93. The molecule has 1 aromatic carbocycles. The summed E-state index contributed by atoms with van der Waals surface area (Å²) in [7, 11) is -0.951. The van der Waals surface area contributed by atoms with E-state index in [1.54, 1.807) is 0 Å². The molecule has 0 aliphatic carbocycles. The van der Waals surface area contributed by atoms with E-state index in [0.29, 0.717) is 0 Å². The van der Waals surface area contributed by atoms with E-state index in [9.17, 15) is 13.2 Å². The van der Waals surface area contributed by atoms with Crippen LogP contribution >= 0.6 is 0 Å². The molecule has 0 bridgehead atoms. The molecule has 1 aliphatic rings. The van der Waals surface area contributed by atoms with Gasteiger partial charge in [0.2, 0.25) is 0 Å². The molecule has 8 heteroatoms. The lowest BCUT2D eigenvalue weighted by molar-refractivity contribution is -0.274. The highest BCUT2D eigenvalue weighted by molar-refractivity contribution is 6.63. The lowest BCUT2D eigenvalue weighted by atomic mass is 9.78. The van der Waals surface area contributed by atoms with Gasteiger partial charge in [-0.15, -0.1) is 13.2 Å². The molecule has 1 aromatic rings. The third-order valence-corrected chi connectivity index (χ3v) is 3.77. The lowest BCUT2D eigenvalue weighted by Crippen LogP contribution is -2.41. The van der Waals surface area contributed by atoms with Crippen LogP contribution in [-0.4, -0.2) is 24.7 Å². The van der Waals surface area contributed by atoms with Crippen LogP contribution in [0.4, 0.5) is 18.9 Å². The molecule has 0 unspecified atom stereocenters. The van der Waals surface area contributed by atoms with Crippen LogP contribution in [0.2, 0.25) is 0 Å². The van der Waals surface area contributed by atoms with Crippen LogP contribution in [0.5, 0.6) is 5.75 Å². The fourth-order valence-electron chi connectivity index (χ4n) is 1.93. The van der Waals surface area contributed by atoms with Crippen LogP contribution in [0.1, 0.15) is 27.7 Å². The molecule has 0 spiro atoms. The molecule has 0 atom stereocenters. The SMILES string of the molecule is CC1(C)OB(c2ccc(N)cc2OC(F)(F)F)OC1(C)C. The van der Waals surface area contributed by atoms with Crippen molar-refractivity contribution in [1.29, 1.82) is 0 Å². The van der Waals surface area contributed by atoms with Crippen LogP contribution in [0.15, 0.2) is 18.2 Å². The van der Waals surface area contributed by atoms with E-state index in [-0.39, 0.29) is 11.2 Å². The first-order valence-corrected chi connectivity index (χ1v) is 6.42. The second kappa shape index (κ2) is 4.81. The van der Waals surface area contributed by atoms with Crippen LogP contribution < -0.4 is 15.9 Å². The first kappa shape index (κ1) is 16.0. The molecule has 0 aromatic heterocycles. The minimum Gasteiger partial charge on any atom is -0.406 e. The molecule has 4 nitrogen and oxygen atoms in total. The van der Waals surface area contributed by atoms with Gasteiger partial charge in [0.15, 0.2) is 0 Å². The molecule has 116 valence electrons. The van der Waals surface area contributed by atoms with E-state index >= 15 is 0 Å². The number of rotatable bonds is 2. The number of nitrogens with two attached hydrogens (primary N) is 1. The molecule has 21 heavy (non-hydrogen) atoms. The van der Waals surface area contributed by atoms with Crippen molar-refractivity contribution in [3.8, 4) is 5.75 Å². The molecule has 0 saturated carbocycles. The maximum Gasteiger partial charge on any atom is 0.573 e. The van der Waals surface area contributed by atoms with Crippen LogP contribution in [-0.2, 0) is 9.31 Å². The molecule has 1 saturated heterocycles. The lowest BCUT2D eigenvalue weighted by Gasteiger charge is -2.32. The first-order valence-electron chi connectivity index (χ1n) is 6.42. The summed E-state index contributed by atoms with van der Waals surface area (Å²) >= 11 is 0. The van der Waals surface area contributed by atoms with Gasteiger partial charge in [-0.2, -0.15) is 0 Å². The van der Waals surface area contributed by atoms with E-state index in [1.807, 2.05) is 27.7 Å². The second-order valence-electron chi connectivity index (χ2n) is 5.93. The highest BCUT2D eigenvalue weighted by Gasteiger charge is 2.52. The maximum absolute atomic E-state index is 12.5. The summed E-state index contributed by atoms with van der Waals surface area (Å²) in [6.45, 7) is 7.26. The Balaban J connectivity index is 2.37. The molecule has 2 N–H and O–H groups in total. The number of alkyl halides is 3. The summed E-state index contributed by atoms with van der Waals surface area (Å²) in [5.74, 6) is -0.416. The first-order chi connectivity index (χ1) is 9.41. The number of nitrogen functional groups attached to an aromatic ring is 1. The summed E-state index contributed by atoms with van der Waals surface area (Å²) < 4.78 is 53.0. The average molecular weight is 303 g/mol. The van der Waals surface area contributed by atoms with Gasteiger partial charge in [-0.25, -0.2) is 0 Å². The molecule has 0 amide bonds. The van der Waals surface area contributed by atoms with Crippen molar-refractivity contribution in [1.82, 2.24) is 0 Å². The highest BCUT2D eigenvalue weighted by atomic mass is 19.4. The standard InChI is InChI=1S/C13H17BF3NO3/c1-11(2)12(3,4)21-14(20-11)9-6-5-8(18)7-10(9)19-13(15,16)17/h5-7H,18H2,1-4H3. The predicted molar refractivity (Wildman–Crippen MR) is 73.3 cm³/mol. The van der Waals surface area contributed by atoms with E-state index in [4.69, 9.17) is 15.0 Å². The molecule has 1 heterocycles. The van der Waals surface area contributed by atoms with Gasteiger partial charge in [-0.1, -0.05) is 6.07 Å². The quantitative estimate of drug-likeness (QED) is 0.673. The van der Waals surface area contributed by atoms with Crippen LogP contribution in [0.25, 0.3) is 0 Å². The van der Waals surface area contributed by atoms with Gasteiger partial charge in [0, 0.05) is 17.2 Å². The topological polar surface area (TPSA) is 53.7 Å². The van der Waals surface area contributed by atoms with E-state index < -0.39 is 30.4 Å². The molecule has 1 aliphatic heterocycles. The fraction of sp³-hybridized carbons (Fsp3) is 0.538. The molecule has 2 rings (SSSR count). The van der Waals surface area contributed by atoms with Crippen molar-refractivity contribution in [2.24, 2.45) is 0 Å². The fourth-order valence-corrected chi connectivity index (χ4v) is 1.93. The van der Waals surface area contributed by atoms with Crippen molar-refractivity contribution >= 4 is 18.3 Å². The Bertz CT molecular complexity index is 530. The van der Waals surface area contributed by atoms with Crippen molar-refractivity contribution in [3.05, 3.63) is 18.2 Å². The Morgan fingerprint density at radius 1 is 1.10 bits per heavy atom. The van der Waals surface area contributed by atoms with Crippen LogP contribution in [0, 0.1) is 0 Å². The van der Waals surface area contributed by atoms with Gasteiger partial charge in [0.25, 0.3) is 0 Å². The zero-order chi connectivity index (χ0) is 16.1. The van der Waals surface area contributed by atoms with Crippen LogP contribution in [0.3, 0.4) is 0 Å². The van der Waals surface area contributed by atoms with Gasteiger partial charge in [0.05, 0.1) is 11.2 Å². The Morgan fingerprint density at radius 2 is 1.62 bits per heavy atom. The maximum atomic E-state index is 12.5. The molecule has 1 fully saturated rings. The highest BCUT2D eigenvalue weighted by Crippen LogP contribution is 2.37. The minimum atomic E-state index is -4.81. The summed E-state index contributed by atoms with van der Waals surface area (Å²) in [4.78, 5) is 0. The van der Waals surface area contributed by atoms with Gasteiger partial charge in [-0.05, 0) is 33.8 Å². The van der Waals surface area contributed by atoms with Gasteiger partial charge in [-0.3, -0.25) is 0 Å². The Kier molecular flexibility index (Phi) is 3.66. The Morgan fingerprint density at radius 3 is 2.10 bits per heavy atom. The normalized spacial score (nSPS) is 20.6. The van der Waals surface area contributed by atoms with E-state index in [2.05, 4.69) is 4.74 Å². The summed E-state index contributed by atoms with van der Waals surface area (Å²) in [6, 6.07) is 4.00. The van der Waals surface area contributed by atoms with Gasteiger partial charge in [0.1, 0.15) is 5.75 Å². The minimum absolute atomic E-state index is 0.153. The molecular formula is C13H17BF3NO3. The number of hydrogen-bond donors (Lipinski definition) is 1. The van der Waals surface area contributed by atoms with Gasteiger partial charge < -0.3 is 19.8 Å². The smallest absolute Gasteiger partial charge is 0.406 e. The van der Waals surface area contributed by atoms with Gasteiger partial charge >= 0.3 is 13.5 Å². The number of ether oxygens (including phenoxy) is 1. The summed E-state index contributed by atoms with van der Waals surface area (Å²) in [5.41, 5.74) is 4.52. The number of halogens is 3. The van der Waals surface area contributed by atoms with Crippen molar-refractivity contribution < 1.29 is 27.2 Å². The predicted octanol–water partition coefficient (Wildman–Crippen LogP) is 2.47. The number of hydrogen-bond acceptors (Lipinski definition) is 4. The van der Waals surface area contributed by atoms with Crippen molar-refractivity contribution in [2.75, 3.05) is 5.73 Å². The Hall–Kier alpha value is -1.41. The Labute approximate surface area is 121 Å². The molecular weight excluding hydrogens is 286 g/mol. The third kappa shape index (κ3) is 3.27. The third-order valence-electron chi connectivity index (χ3n) is 3.77. The van der Waals surface area contributed by atoms with E-state index in [1.165, 1.54) is 12.1 Å². The average Bonchev–Trinajstić information content (AvgIpc) is 2.45. The van der Waals surface area contributed by atoms with E-state index in [0.717, 1.165) is 6.07 Å². The zero-order valence-corrected chi connectivity index (χ0v) is 12.2. The van der Waals surface area contributed by atoms with Crippen molar-refractivity contribution in [2.45, 2.75) is 45.3 Å². The molecule has 0 radical (unpaired) electrons. The summed E-state index contributed by atoms with van der Waals surface area (Å²) in [5, 5.41) is 0. The largest absolute Gasteiger partial charge is 0.573 e. The summed E-state index contributed by atoms with van der Waals surface area (Å²) in [6.07, 6.45) is -4.81. The zero-order valence-electron chi connectivity index (χ0n) is 12.2. The van der Waals surface area contributed by atoms with Crippen molar-refractivity contribution in [3.63, 3.8) is 0 Å². The number of anilines is 1. The number of benzene rings is 1.